The molecule has 1 aliphatic heterocycles. The van der Waals surface area contributed by atoms with Gasteiger partial charge in [-0.3, -0.25) is 0 Å². The van der Waals surface area contributed by atoms with Crippen molar-refractivity contribution in [2.24, 2.45) is 0 Å². The zero-order valence-corrected chi connectivity index (χ0v) is 11.3. The molecule has 0 spiro atoms. The van der Waals surface area contributed by atoms with Crippen molar-refractivity contribution in [2.75, 3.05) is 13.2 Å². The Morgan fingerprint density at radius 3 is 2.55 bits per heavy atom. The second-order valence-electron chi connectivity index (χ2n) is 4.60. The molecule has 1 fully saturated rings. The minimum absolute atomic E-state index is 0.168. The molecule has 5 atom stereocenters. The van der Waals surface area contributed by atoms with Gasteiger partial charge in [0.05, 0.1) is 13.2 Å². The normalized spacial score (nSPS) is 33.6. The van der Waals surface area contributed by atoms with E-state index < -0.39 is 36.3 Å². The van der Waals surface area contributed by atoms with E-state index in [9.17, 15) is 15.3 Å². The number of ether oxygens (including phenoxy) is 2. The number of hydrogen-bond donors (Lipinski definition) is 4. The predicted octanol–water partition coefficient (Wildman–Crippen LogP) is -0.474. The van der Waals surface area contributed by atoms with E-state index in [1.54, 1.807) is 30.3 Å². The Balaban J connectivity index is 2.19. The molecule has 1 aromatic rings. The van der Waals surface area contributed by atoms with Gasteiger partial charge in [0, 0.05) is 5.56 Å². The first-order chi connectivity index (χ1) is 9.48. The van der Waals surface area contributed by atoms with Crippen molar-refractivity contribution >= 4 is 11.6 Å². The monoisotopic (exact) mass is 304 g/mol. The highest BCUT2D eigenvalue weighted by atomic mass is 35.5. The van der Waals surface area contributed by atoms with Crippen molar-refractivity contribution < 1.29 is 29.9 Å². The van der Waals surface area contributed by atoms with Crippen LogP contribution in [0, 0.1) is 0 Å². The lowest BCUT2D eigenvalue weighted by Gasteiger charge is -2.41. The Kier molecular flexibility index (Phi) is 4.98. The third-order valence-electron chi connectivity index (χ3n) is 3.14. The molecule has 1 unspecified atom stereocenters. The average molecular weight is 305 g/mol. The number of alkyl halides is 1. The highest BCUT2D eigenvalue weighted by molar-refractivity contribution is 6.22. The lowest BCUT2D eigenvalue weighted by molar-refractivity contribution is -0.308. The molecule has 2 rings (SSSR count). The van der Waals surface area contributed by atoms with Gasteiger partial charge in [0.2, 0.25) is 0 Å². The van der Waals surface area contributed by atoms with E-state index in [0.29, 0.717) is 5.56 Å². The smallest absolute Gasteiger partial charge is 0.276 e. The second-order valence-corrected chi connectivity index (χ2v) is 5.10. The fourth-order valence-corrected chi connectivity index (χ4v) is 2.28. The van der Waals surface area contributed by atoms with Crippen molar-refractivity contribution in [1.29, 1.82) is 0 Å². The van der Waals surface area contributed by atoms with Crippen molar-refractivity contribution in [1.82, 2.24) is 0 Å². The van der Waals surface area contributed by atoms with Crippen LogP contribution >= 0.6 is 11.6 Å². The molecule has 6 nitrogen and oxygen atoms in total. The summed E-state index contributed by atoms with van der Waals surface area (Å²) in [5.41, 5.74) is 0.504. The summed E-state index contributed by atoms with van der Waals surface area (Å²) in [6, 6.07) is 8.63. The number of benzene rings is 1. The van der Waals surface area contributed by atoms with Gasteiger partial charge in [-0.2, -0.15) is 0 Å². The molecule has 1 heterocycles. The number of hydrogen-bond acceptors (Lipinski definition) is 6. The highest BCUT2D eigenvalue weighted by Gasteiger charge is 2.46. The first kappa shape index (κ1) is 15.7. The molecule has 0 aliphatic carbocycles. The molecule has 4 N–H and O–H groups in total. The third-order valence-corrected chi connectivity index (χ3v) is 3.56. The van der Waals surface area contributed by atoms with E-state index >= 15 is 0 Å². The van der Waals surface area contributed by atoms with E-state index in [1.807, 2.05) is 0 Å². The number of aliphatic hydroxyl groups excluding tert-OH is 4. The van der Waals surface area contributed by atoms with Crippen LogP contribution < -0.4 is 0 Å². The number of rotatable bonds is 4. The maximum Gasteiger partial charge on any atom is 0.276 e. The lowest BCUT2D eigenvalue weighted by Crippen LogP contribution is -2.56. The number of halogens is 1. The Morgan fingerprint density at radius 1 is 1.30 bits per heavy atom. The molecule has 1 aromatic carbocycles. The van der Waals surface area contributed by atoms with Crippen LogP contribution in [-0.2, 0) is 14.7 Å². The predicted molar refractivity (Wildman–Crippen MR) is 69.9 cm³/mol. The van der Waals surface area contributed by atoms with Gasteiger partial charge >= 0.3 is 0 Å². The van der Waals surface area contributed by atoms with Gasteiger partial charge in [-0.15, -0.1) is 0 Å². The summed E-state index contributed by atoms with van der Waals surface area (Å²) < 4.78 is 10.7. The van der Waals surface area contributed by atoms with Crippen LogP contribution in [0.2, 0.25) is 0 Å². The first-order valence-corrected chi connectivity index (χ1v) is 6.57. The molecule has 20 heavy (non-hydrogen) atoms. The average Bonchev–Trinajstić information content (AvgIpc) is 2.49. The minimum Gasteiger partial charge on any atom is -0.394 e. The summed E-state index contributed by atoms with van der Waals surface area (Å²) in [7, 11) is 0. The van der Waals surface area contributed by atoms with Gasteiger partial charge in [-0.25, -0.2) is 0 Å². The van der Waals surface area contributed by atoms with E-state index in [-0.39, 0.29) is 6.61 Å². The molecule has 112 valence electrons. The molecule has 0 aromatic heterocycles. The summed E-state index contributed by atoms with van der Waals surface area (Å²) in [5.74, 6) is 0. The standard InChI is InChI=1S/C13H17ClO6/c14-13(8-4-2-1-3-5-8)19-7-10(17)12(20-13)11(18)9(16)6-15/h1-5,9-12,15-18H,6-7H2/t9-,10+,11+,12+,13?/m0/s1. The molecular formula is C13H17ClO6. The van der Waals surface area contributed by atoms with Crippen molar-refractivity contribution in [3.05, 3.63) is 35.9 Å². The zero-order chi connectivity index (χ0) is 14.8. The van der Waals surface area contributed by atoms with E-state index in [4.69, 9.17) is 26.2 Å². The maximum absolute atomic E-state index is 9.88. The van der Waals surface area contributed by atoms with Crippen LogP contribution in [0.15, 0.2) is 30.3 Å². The van der Waals surface area contributed by atoms with Gasteiger partial charge in [0.25, 0.3) is 5.25 Å². The Hall–Kier alpha value is -0.730. The summed E-state index contributed by atoms with van der Waals surface area (Å²) >= 11 is 6.24. The van der Waals surface area contributed by atoms with Crippen molar-refractivity contribution in [2.45, 2.75) is 29.7 Å². The zero-order valence-electron chi connectivity index (χ0n) is 10.6. The third kappa shape index (κ3) is 3.12. The summed E-state index contributed by atoms with van der Waals surface area (Å²) in [5, 5.41) is 36.4. The van der Waals surface area contributed by atoms with E-state index in [2.05, 4.69) is 0 Å². The first-order valence-electron chi connectivity index (χ1n) is 6.19. The van der Waals surface area contributed by atoms with Crippen LogP contribution in [0.5, 0.6) is 0 Å². The van der Waals surface area contributed by atoms with E-state index in [1.165, 1.54) is 0 Å². The molecular weight excluding hydrogens is 288 g/mol. The Morgan fingerprint density at radius 2 is 1.95 bits per heavy atom. The fourth-order valence-electron chi connectivity index (χ4n) is 1.99. The van der Waals surface area contributed by atoms with Crippen molar-refractivity contribution in [3.8, 4) is 0 Å². The summed E-state index contributed by atoms with van der Waals surface area (Å²) in [4.78, 5) is 0. The van der Waals surface area contributed by atoms with Gasteiger partial charge in [0.1, 0.15) is 24.4 Å². The quantitative estimate of drug-likeness (QED) is 0.561. The van der Waals surface area contributed by atoms with Crippen LogP contribution in [-0.4, -0.2) is 58.1 Å². The Bertz CT molecular complexity index is 430. The van der Waals surface area contributed by atoms with Gasteiger partial charge < -0.3 is 29.9 Å². The number of aliphatic hydroxyl groups is 4. The second kappa shape index (κ2) is 6.36. The minimum atomic E-state index is -1.65. The molecule has 0 radical (unpaired) electrons. The lowest BCUT2D eigenvalue weighted by atomic mass is 10.0. The SMILES string of the molecule is OC[C@H](O)[C@@H](O)[C@@H]1OC(Cl)(c2ccccc2)OC[C@H]1O. The largest absolute Gasteiger partial charge is 0.394 e. The van der Waals surface area contributed by atoms with Crippen LogP contribution in [0.3, 0.4) is 0 Å². The van der Waals surface area contributed by atoms with E-state index in [0.717, 1.165) is 0 Å². The fraction of sp³-hybridized carbons (Fsp3) is 0.538. The van der Waals surface area contributed by atoms with Crippen molar-refractivity contribution in [3.63, 3.8) is 0 Å². The van der Waals surface area contributed by atoms with Crippen LogP contribution in [0.25, 0.3) is 0 Å². The topological polar surface area (TPSA) is 99.4 Å². The highest BCUT2D eigenvalue weighted by Crippen LogP contribution is 2.38. The van der Waals surface area contributed by atoms with Gasteiger partial charge in [-0.1, -0.05) is 41.9 Å². The van der Waals surface area contributed by atoms with Crippen LogP contribution in [0.4, 0.5) is 0 Å². The maximum atomic E-state index is 9.88. The van der Waals surface area contributed by atoms with Crippen LogP contribution in [0.1, 0.15) is 5.56 Å². The molecule has 0 bridgehead atoms. The van der Waals surface area contributed by atoms with Gasteiger partial charge in [0.15, 0.2) is 0 Å². The Labute approximate surface area is 121 Å². The molecule has 1 aliphatic rings. The molecule has 7 heteroatoms. The summed E-state index contributed by atoms with van der Waals surface area (Å²) in [6.45, 7) is -0.826. The molecule has 0 amide bonds. The van der Waals surface area contributed by atoms with Gasteiger partial charge in [-0.05, 0) is 0 Å². The summed E-state index contributed by atoms with van der Waals surface area (Å²) in [6.07, 6.45) is -5.27. The molecule has 1 saturated heterocycles. The molecule has 0 saturated carbocycles.